The predicted molar refractivity (Wildman–Crippen MR) is 126 cm³/mol. The van der Waals surface area contributed by atoms with Crippen molar-refractivity contribution < 1.29 is 16.8 Å². The van der Waals surface area contributed by atoms with Crippen molar-refractivity contribution in [3.8, 4) is 22.5 Å². The molecule has 2 heterocycles. The molecule has 0 unspecified atom stereocenters. The smallest absolute Gasteiger partial charge is 0.242 e. The predicted octanol–water partition coefficient (Wildman–Crippen LogP) is -1.06. The molecular formula is C17H20N10O4S3. The quantitative estimate of drug-likeness (QED) is 0.162. The molecule has 2 aromatic heterocycles. The van der Waals surface area contributed by atoms with E-state index in [9.17, 15) is 16.8 Å². The number of fused-ring (bicyclic) bond motifs is 1. The average molecular weight is 525 g/mol. The third-order valence-corrected chi connectivity index (χ3v) is 8.42. The SMILES string of the molecule is NCC(CN)NS(=O)(=O)c1ccc(-c2cccc3sc(N)nc23)c(-c2nn[nH]n2)c1S(N)(=O)=O. The number of para-hydroxylation sites is 1. The highest BCUT2D eigenvalue weighted by atomic mass is 32.2. The van der Waals surface area contributed by atoms with Gasteiger partial charge in [0.25, 0.3) is 0 Å². The van der Waals surface area contributed by atoms with Gasteiger partial charge >= 0.3 is 0 Å². The first-order chi connectivity index (χ1) is 16.1. The van der Waals surface area contributed by atoms with Gasteiger partial charge in [0.2, 0.25) is 25.9 Å². The molecule has 10 N–H and O–H groups in total. The molecule has 17 heteroatoms. The van der Waals surface area contributed by atoms with Crippen molar-refractivity contribution in [2.24, 2.45) is 16.6 Å². The van der Waals surface area contributed by atoms with Crippen LogP contribution >= 0.6 is 11.3 Å². The Morgan fingerprint density at radius 2 is 1.79 bits per heavy atom. The number of tetrazole rings is 1. The van der Waals surface area contributed by atoms with Crippen LogP contribution < -0.4 is 27.1 Å². The van der Waals surface area contributed by atoms with Crippen LogP contribution in [0.4, 0.5) is 5.13 Å². The van der Waals surface area contributed by atoms with E-state index in [1.165, 1.54) is 17.4 Å². The van der Waals surface area contributed by atoms with Gasteiger partial charge in [-0.3, -0.25) is 0 Å². The second-order valence-corrected chi connectivity index (χ2v) is 11.3. The van der Waals surface area contributed by atoms with Crippen LogP contribution in [-0.2, 0) is 20.0 Å². The Labute approximate surface area is 197 Å². The van der Waals surface area contributed by atoms with E-state index in [-0.39, 0.29) is 30.0 Å². The Bertz CT molecular complexity index is 1560. The number of aromatic nitrogens is 5. The number of anilines is 1. The number of aromatic amines is 1. The molecule has 0 bridgehead atoms. The number of nitrogen functional groups attached to an aromatic ring is 1. The molecule has 4 rings (SSSR count). The number of H-pyrrole nitrogens is 1. The molecule has 0 aliphatic heterocycles. The molecule has 0 fully saturated rings. The van der Waals surface area contributed by atoms with Gasteiger partial charge in [-0.15, -0.1) is 10.2 Å². The fraction of sp³-hybridized carbons (Fsp3) is 0.176. The number of hydrogen-bond acceptors (Lipinski definition) is 12. The van der Waals surface area contributed by atoms with E-state index >= 15 is 0 Å². The number of primary sulfonamides is 1. The Hall–Kier alpha value is -3.06. The van der Waals surface area contributed by atoms with Crippen molar-refractivity contribution in [1.29, 1.82) is 0 Å². The molecule has 0 saturated carbocycles. The highest BCUT2D eigenvalue weighted by molar-refractivity contribution is 7.92. The second-order valence-electron chi connectivity index (χ2n) is 7.09. The van der Waals surface area contributed by atoms with Gasteiger partial charge in [0.05, 0.1) is 15.8 Å². The van der Waals surface area contributed by atoms with E-state index in [4.69, 9.17) is 22.3 Å². The Kier molecular flexibility index (Phi) is 6.34. The van der Waals surface area contributed by atoms with Gasteiger partial charge in [0, 0.05) is 24.7 Å². The van der Waals surface area contributed by atoms with E-state index in [0.717, 1.165) is 10.8 Å². The van der Waals surface area contributed by atoms with Gasteiger partial charge in [0.1, 0.15) is 9.79 Å². The number of nitrogens with zero attached hydrogens (tertiary/aromatic N) is 4. The second kappa shape index (κ2) is 8.95. The normalized spacial score (nSPS) is 12.6. The lowest BCUT2D eigenvalue weighted by Gasteiger charge is -2.19. The average Bonchev–Trinajstić information content (AvgIpc) is 3.44. The topological polar surface area (TPSA) is 252 Å². The minimum absolute atomic E-state index is 0.108. The zero-order valence-electron chi connectivity index (χ0n) is 17.3. The lowest BCUT2D eigenvalue weighted by atomic mass is 9.98. The van der Waals surface area contributed by atoms with Crippen molar-refractivity contribution in [1.82, 2.24) is 30.3 Å². The van der Waals surface area contributed by atoms with Crippen LogP contribution in [0.5, 0.6) is 0 Å². The minimum Gasteiger partial charge on any atom is -0.375 e. The standard InChI is InChI=1S/C17H20N10O4S3/c18-6-8(7-19)25-34(30,31)12-5-4-9(10-2-1-3-11-14(10)22-17(20)32-11)13(15(12)33(21,28)29)16-23-26-27-24-16/h1-5,8,25H,6-7,18-19H2,(H2,20,22)(H2,21,28,29)(H,23,24,26,27). The largest absolute Gasteiger partial charge is 0.375 e. The maximum absolute atomic E-state index is 13.2. The zero-order valence-corrected chi connectivity index (χ0v) is 19.8. The summed E-state index contributed by atoms with van der Waals surface area (Å²) in [7, 11) is -9.08. The van der Waals surface area contributed by atoms with Gasteiger partial charge in [0.15, 0.2) is 5.13 Å². The number of nitrogens with one attached hydrogen (secondary N) is 2. The summed E-state index contributed by atoms with van der Waals surface area (Å²) in [5.41, 5.74) is 18.0. The maximum Gasteiger partial charge on any atom is 0.242 e. The van der Waals surface area contributed by atoms with Gasteiger partial charge in [-0.25, -0.2) is 31.7 Å². The summed E-state index contributed by atoms with van der Waals surface area (Å²) in [5, 5.41) is 19.3. The van der Waals surface area contributed by atoms with Gasteiger partial charge in [-0.05, 0) is 22.9 Å². The third-order valence-electron chi connectivity index (χ3n) is 4.88. The summed E-state index contributed by atoms with van der Waals surface area (Å²) < 4.78 is 55.0. The van der Waals surface area contributed by atoms with Crippen molar-refractivity contribution in [3.05, 3.63) is 30.3 Å². The molecule has 0 aliphatic rings. The van der Waals surface area contributed by atoms with E-state index in [0.29, 0.717) is 16.2 Å². The number of rotatable bonds is 8. The summed E-state index contributed by atoms with van der Waals surface area (Å²) in [6, 6.07) is 6.91. The first-order valence-corrected chi connectivity index (χ1v) is 13.4. The van der Waals surface area contributed by atoms with E-state index in [1.54, 1.807) is 18.2 Å². The van der Waals surface area contributed by atoms with E-state index < -0.39 is 35.9 Å². The van der Waals surface area contributed by atoms with Crippen molar-refractivity contribution in [2.75, 3.05) is 18.8 Å². The van der Waals surface area contributed by atoms with Crippen LogP contribution in [-0.4, -0.2) is 61.6 Å². The van der Waals surface area contributed by atoms with Crippen LogP contribution in [0.1, 0.15) is 0 Å². The zero-order chi connectivity index (χ0) is 24.7. The molecule has 180 valence electrons. The fourth-order valence-corrected chi connectivity index (χ4v) is 7.05. The summed E-state index contributed by atoms with van der Waals surface area (Å²) in [6.07, 6.45) is 0. The monoisotopic (exact) mass is 524 g/mol. The molecule has 0 atom stereocenters. The summed E-state index contributed by atoms with van der Waals surface area (Å²) in [6.45, 7) is -0.215. The Morgan fingerprint density at radius 3 is 2.41 bits per heavy atom. The fourth-order valence-electron chi connectivity index (χ4n) is 3.43. The number of thiazole rings is 1. The third kappa shape index (κ3) is 4.37. The van der Waals surface area contributed by atoms with E-state index in [2.05, 4.69) is 30.3 Å². The molecule has 34 heavy (non-hydrogen) atoms. The molecule has 0 amide bonds. The van der Waals surface area contributed by atoms with Crippen LogP contribution in [0, 0.1) is 0 Å². The molecule has 0 spiro atoms. The van der Waals surface area contributed by atoms with Crippen LogP contribution in [0.2, 0.25) is 0 Å². The highest BCUT2D eigenvalue weighted by Crippen LogP contribution is 2.41. The first-order valence-electron chi connectivity index (χ1n) is 9.58. The number of hydrogen-bond donors (Lipinski definition) is 6. The number of sulfonamides is 2. The lowest BCUT2D eigenvalue weighted by Crippen LogP contribution is -2.45. The minimum atomic E-state index is -4.65. The Balaban J connectivity index is 2.10. The molecule has 14 nitrogen and oxygen atoms in total. The maximum atomic E-state index is 13.2. The molecule has 0 saturated heterocycles. The van der Waals surface area contributed by atoms with Crippen LogP contribution in [0.3, 0.4) is 0 Å². The summed E-state index contributed by atoms with van der Waals surface area (Å²) in [5.74, 6) is -0.189. The van der Waals surface area contributed by atoms with E-state index in [1.807, 2.05) is 0 Å². The van der Waals surface area contributed by atoms with Gasteiger partial charge in [-0.1, -0.05) is 29.5 Å². The highest BCUT2D eigenvalue weighted by Gasteiger charge is 2.33. The van der Waals surface area contributed by atoms with Gasteiger partial charge < -0.3 is 17.2 Å². The van der Waals surface area contributed by atoms with Crippen molar-refractivity contribution in [3.63, 3.8) is 0 Å². The lowest BCUT2D eigenvalue weighted by molar-refractivity contribution is 0.548. The molecule has 0 radical (unpaired) electrons. The summed E-state index contributed by atoms with van der Waals surface area (Å²) >= 11 is 1.24. The van der Waals surface area contributed by atoms with Gasteiger partial charge in [-0.2, -0.15) is 5.21 Å². The number of nitrogens with two attached hydrogens (primary N) is 4. The van der Waals surface area contributed by atoms with Crippen molar-refractivity contribution >= 4 is 46.7 Å². The van der Waals surface area contributed by atoms with Crippen LogP contribution in [0.25, 0.3) is 32.7 Å². The molecule has 2 aromatic carbocycles. The first kappa shape index (κ1) is 24.1. The molecule has 0 aliphatic carbocycles. The Morgan fingerprint density at radius 1 is 1.06 bits per heavy atom. The van der Waals surface area contributed by atoms with Crippen LogP contribution in [0.15, 0.2) is 40.1 Å². The number of benzene rings is 2. The summed E-state index contributed by atoms with van der Waals surface area (Å²) in [4.78, 5) is 3.00. The molecular weight excluding hydrogens is 504 g/mol. The molecule has 4 aromatic rings. The van der Waals surface area contributed by atoms with Crippen molar-refractivity contribution in [2.45, 2.75) is 15.8 Å².